The van der Waals surface area contributed by atoms with Crippen molar-refractivity contribution in [2.24, 2.45) is 0 Å². The molecule has 2 aromatic carbocycles. The van der Waals surface area contributed by atoms with Gasteiger partial charge >= 0.3 is 0 Å². The lowest BCUT2D eigenvalue weighted by molar-refractivity contribution is -0.130. The van der Waals surface area contributed by atoms with Crippen molar-refractivity contribution in [2.75, 3.05) is 13.1 Å². The van der Waals surface area contributed by atoms with Gasteiger partial charge in [0.2, 0.25) is 11.8 Å². The van der Waals surface area contributed by atoms with Gasteiger partial charge in [-0.2, -0.15) is 9.78 Å². The number of carbonyl (C=O) groups excluding carboxylic acids is 2. The van der Waals surface area contributed by atoms with Gasteiger partial charge in [0, 0.05) is 57.7 Å². The van der Waals surface area contributed by atoms with Crippen molar-refractivity contribution in [3.05, 3.63) is 100 Å². The largest absolute Gasteiger partial charge is 0.473 e. The normalized spacial score (nSPS) is 13.7. The number of H-pyrrole nitrogens is 1. The van der Waals surface area contributed by atoms with E-state index in [1.54, 1.807) is 11.0 Å². The maximum atomic E-state index is 15.2. The average molecular weight is 601 g/mol. The van der Waals surface area contributed by atoms with Gasteiger partial charge in [-0.15, -0.1) is 5.10 Å². The van der Waals surface area contributed by atoms with Gasteiger partial charge in [-0.3, -0.25) is 19.5 Å². The summed E-state index contributed by atoms with van der Waals surface area (Å²) in [7, 11) is 0. The van der Waals surface area contributed by atoms with Crippen LogP contribution in [0.15, 0.2) is 71.8 Å². The Morgan fingerprint density at radius 2 is 1.77 bits per heavy atom. The zero-order valence-corrected chi connectivity index (χ0v) is 23.5. The van der Waals surface area contributed by atoms with Crippen LogP contribution in [0.5, 0.6) is 17.4 Å². The molecule has 0 spiro atoms. The zero-order chi connectivity index (χ0) is 30.8. The van der Waals surface area contributed by atoms with E-state index >= 15 is 4.39 Å². The first-order chi connectivity index (χ1) is 21.3. The van der Waals surface area contributed by atoms with Gasteiger partial charge in [0.1, 0.15) is 23.1 Å². The Hall–Kier alpha value is -5.46. The van der Waals surface area contributed by atoms with Crippen LogP contribution in [0.25, 0.3) is 16.7 Å². The molecular weight excluding hydrogens is 574 g/mol. The molecule has 1 N–H and O–H groups in total. The number of fused-ring (bicyclic) bond motifs is 1. The highest BCUT2D eigenvalue weighted by Gasteiger charge is 2.25. The number of ether oxygens (including phenoxy) is 2. The van der Waals surface area contributed by atoms with Gasteiger partial charge in [0.05, 0.1) is 11.3 Å². The summed E-state index contributed by atoms with van der Waals surface area (Å²) in [5, 5.41) is 11.5. The molecule has 0 atom stereocenters. The third-order valence-corrected chi connectivity index (χ3v) is 7.35. The lowest BCUT2D eigenvalue weighted by Gasteiger charge is -2.31. The Balaban J connectivity index is 1.18. The SMILES string of the molecule is CC(=O)N1CCC(Oc2n[nH]c3nccc(Oc4ccc(CC(=O)c5ccnn(-c6ccc(F)cc6)c5=O)cc4F)c23)CC1. The number of rotatable bonds is 8. The summed E-state index contributed by atoms with van der Waals surface area (Å²) in [5.41, 5.74) is 0.212. The number of hydrogen-bond acceptors (Lipinski definition) is 8. The number of pyridine rings is 1. The lowest BCUT2D eigenvalue weighted by atomic mass is 10.0. The second-order valence-electron chi connectivity index (χ2n) is 10.3. The molecule has 1 aliphatic heterocycles. The van der Waals surface area contributed by atoms with Crippen molar-refractivity contribution in [1.82, 2.24) is 29.9 Å². The fraction of sp³-hybridized carbons (Fsp3) is 0.226. The predicted octanol–water partition coefficient (Wildman–Crippen LogP) is 4.39. The number of piperidine rings is 1. The van der Waals surface area contributed by atoms with Crippen LogP contribution < -0.4 is 15.0 Å². The lowest BCUT2D eigenvalue weighted by Crippen LogP contribution is -2.40. The quantitative estimate of drug-likeness (QED) is 0.260. The standard InChI is InChI=1S/C31H26F2N6O5/c1-18(40)38-14-10-22(11-15-38)43-30-28-27(9-12-34-29(28)36-37-30)44-26-7-2-19(16-24(26)33)17-25(41)23-8-13-35-39(31(23)42)21-5-3-20(32)4-6-21/h2-9,12-13,16,22H,10-11,14-15,17H2,1H3,(H,34,36,37). The van der Waals surface area contributed by atoms with E-state index in [0.717, 1.165) is 4.68 Å². The van der Waals surface area contributed by atoms with E-state index in [9.17, 15) is 18.8 Å². The van der Waals surface area contributed by atoms with E-state index in [-0.39, 0.29) is 41.4 Å². The highest BCUT2D eigenvalue weighted by Crippen LogP contribution is 2.36. The van der Waals surface area contributed by atoms with Gasteiger partial charge < -0.3 is 14.4 Å². The van der Waals surface area contributed by atoms with Crippen LogP contribution in [0.2, 0.25) is 0 Å². The predicted molar refractivity (Wildman–Crippen MR) is 154 cm³/mol. The molecule has 11 nitrogen and oxygen atoms in total. The number of hydrogen-bond donors (Lipinski definition) is 1. The number of Topliss-reactive ketones (excluding diaryl/α,β-unsaturated/α-hetero) is 1. The van der Waals surface area contributed by atoms with Crippen LogP contribution in [-0.4, -0.2) is 60.7 Å². The van der Waals surface area contributed by atoms with Gasteiger partial charge in [-0.05, 0) is 48.0 Å². The number of aromatic nitrogens is 5. The van der Waals surface area contributed by atoms with E-state index < -0.39 is 23.0 Å². The summed E-state index contributed by atoms with van der Waals surface area (Å²) in [4.78, 5) is 43.6. The maximum Gasteiger partial charge on any atom is 0.282 e. The van der Waals surface area contributed by atoms with Crippen LogP contribution >= 0.6 is 0 Å². The van der Waals surface area contributed by atoms with Crippen molar-refractivity contribution in [3.63, 3.8) is 0 Å². The third-order valence-electron chi connectivity index (χ3n) is 7.35. The second-order valence-corrected chi connectivity index (χ2v) is 10.3. The molecule has 0 bridgehead atoms. The molecule has 224 valence electrons. The van der Waals surface area contributed by atoms with Crippen LogP contribution in [0.4, 0.5) is 8.78 Å². The first kappa shape index (κ1) is 28.6. The summed E-state index contributed by atoms with van der Waals surface area (Å²) >= 11 is 0. The minimum atomic E-state index is -0.721. The minimum absolute atomic E-state index is 0.0218. The molecule has 5 aromatic rings. The molecular formula is C31H26F2N6O5. The molecule has 1 aliphatic rings. The zero-order valence-electron chi connectivity index (χ0n) is 23.5. The molecule has 0 radical (unpaired) electrons. The summed E-state index contributed by atoms with van der Waals surface area (Å²) < 4.78 is 41.6. The Morgan fingerprint density at radius 3 is 2.50 bits per heavy atom. The smallest absolute Gasteiger partial charge is 0.282 e. The number of carbonyl (C=O) groups is 2. The number of ketones is 1. The molecule has 44 heavy (non-hydrogen) atoms. The maximum absolute atomic E-state index is 15.2. The molecule has 1 fully saturated rings. The van der Waals surface area contributed by atoms with E-state index in [0.29, 0.717) is 48.2 Å². The summed E-state index contributed by atoms with van der Waals surface area (Å²) in [6.45, 7) is 2.70. The number of aromatic amines is 1. The average Bonchev–Trinajstić information content (AvgIpc) is 3.43. The molecule has 0 aliphatic carbocycles. The van der Waals surface area contributed by atoms with E-state index in [2.05, 4.69) is 20.3 Å². The van der Waals surface area contributed by atoms with Gasteiger partial charge in [0.15, 0.2) is 23.0 Å². The van der Waals surface area contributed by atoms with Crippen molar-refractivity contribution in [3.8, 4) is 23.1 Å². The number of amides is 1. The fourth-order valence-corrected chi connectivity index (χ4v) is 5.04. The summed E-state index contributed by atoms with van der Waals surface area (Å²) in [6, 6.07) is 12.1. The van der Waals surface area contributed by atoms with E-state index in [4.69, 9.17) is 9.47 Å². The summed E-state index contributed by atoms with van der Waals surface area (Å²) in [5.74, 6) is -1.28. The fourth-order valence-electron chi connectivity index (χ4n) is 5.04. The van der Waals surface area contributed by atoms with Crippen molar-refractivity contribution < 1.29 is 27.8 Å². The number of benzene rings is 2. The molecule has 6 rings (SSSR count). The Labute approximate surface area is 249 Å². The van der Waals surface area contributed by atoms with Gasteiger partial charge in [-0.1, -0.05) is 6.07 Å². The molecule has 13 heteroatoms. The van der Waals surface area contributed by atoms with Crippen molar-refractivity contribution >= 4 is 22.7 Å². The molecule has 0 saturated carbocycles. The molecule has 3 aromatic heterocycles. The highest BCUT2D eigenvalue weighted by atomic mass is 19.1. The Bertz CT molecular complexity index is 1920. The number of likely N-dealkylation sites (tertiary alicyclic amines) is 1. The molecule has 0 unspecified atom stereocenters. The minimum Gasteiger partial charge on any atom is -0.473 e. The van der Waals surface area contributed by atoms with Crippen LogP contribution in [0, 0.1) is 11.6 Å². The number of halogens is 2. The Kier molecular flexibility index (Phi) is 7.84. The van der Waals surface area contributed by atoms with Crippen LogP contribution in [-0.2, 0) is 11.2 Å². The topological polar surface area (TPSA) is 132 Å². The third kappa shape index (κ3) is 5.89. The molecule has 1 amide bonds. The number of nitrogens with one attached hydrogen (secondary N) is 1. The first-order valence-electron chi connectivity index (χ1n) is 13.9. The van der Waals surface area contributed by atoms with E-state index in [1.165, 1.54) is 67.8 Å². The number of nitrogens with zero attached hydrogens (tertiary/aromatic N) is 5. The highest BCUT2D eigenvalue weighted by molar-refractivity contribution is 5.97. The second kappa shape index (κ2) is 12.0. The molecule has 4 heterocycles. The van der Waals surface area contributed by atoms with Crippen LogP contribution in [0.3, 0.4) is 0 Å². The molecule has 1 saturated heterocycles. The summed E-state index contributed by atoms with van der Waals surface area (Å²) in [6.07, 6.45) is 3.65. The Morgan fingerprint density at radius 1 is 1.00 bits per heavy atom. The van der Waals surface area contributed by atoms with E-state index in [1.807, 2.05) is 0 Å². The van der Waals surface area contributed by atoms with Gasteiger partial charge in [0.25, 0.3) is 5.56 Å². The first-order valence-corrected chi connectivity index (χ1v) is 13.9. The van der Waals surface area contributed by atoms with Crippen molar-refractivity contribution in [1.29, 1.82) is 0 Å². The monoisotopic (exact) mass is 600 g/mol. The van der Waals surface area contributed by atoms with Crippen LogP contribution in [0.1, 0.15) is 35.7 Å². The van der Waals surface area contributed by atoms with Crippen molar-refractivity contribution in [2.45, 2.75) is 32.3 Å². The van der Waals surface area contributed by atoms with Gasteiger partial charge in [-0.25, -0.2) is 13.8 Å².